The third kappa shape index (κ3) is 4.84. The van der Waals surface area contributed by atoms with Gasteiger partial charge in [0.2, 0.25) is 0 Å². The summed E-state index contributed by atoms with van der Waals surface area (Å²) in [5.41, 5.74) is 1.33. The number of halogens is 1. The zero-order valence-electron chi connectivity index (χ0n) is 11.0. The van der Waals surface area contributed by atoms with Crippen LogP contribution in [-0.2, 0) is 6.42 Å². The van der Waals surface area contributed by atoms with E-state index in [1.165, 1.54) is 9.13 Å². The van der Waals surface area contributed by atoms with Crippen molar-refractivity contribution < 1.29 is 4.74 Å². The highest BCUT2D eigenvalue weighted by Gasteiger charge is 2.08. The predicted molar refractivity (Wildman–Crippen MR) is 87.6 cm³/mol. The van der Waals surface area contributed by atoms with Gasteiger partial charge in [0.15, 0.2) is 0 Å². The lowest BCUT2D eigenvalue weighted by Gasteiger charge is -2.17. The summed E-state index contributed by atoms with van der Waals surface area (Å²) in [4.78, 5) is 0. The molecule has 0 aliphatic carbocycles. The van der Waals surface area contributed by atoms with Gasteiger partial charge < -0.3 is 10.1 Å². The maximum absolute atomic E-state index is 5.79. The van der Waals surface area contributed by atoms with Crippen molar-refractivity contribution in [2.45, 2.75) is 12.5 Å². The number of hydrogen-bond donors (Lipinski definition) is 1. The van der Waals surface area contributed by atoms with E-state index < -0.39 is 0 Å². The topological polar surface area (TPSA) is 21.3 Å². The van der Waals surface area contributed by atoms with Crippen LogP contribution in [0.4, 0.5) is 0 Å². The Hall–Kier alpha value is -1.07. The number of hydrogen-bond acceptors (Lipinski definition) is 2. The SMILES string of the molecule is CNC(COc1ccccc1)Cc1ccc(I)cc1. The molecule has 0 aliphatic heterocycles. The number of nitrogens with one attached hydrogen (secondary N) is 1. The number of rotatable bonds is 6. The van der Waals surface area contributed by atoms with Gasteiger partial charge in [0, 0.05) is 9.61 Å². The van der Waals surface area contributed by atoms with Crippen LogP contribution in [0.2, 0.25) is 0 Å². The molecule has 1 N–H and O–H groups in total. The van der Waals surface area contributed by atoms with Crippen molar-refractivity contribution in [3.8, 4) is 5.75 Å². The van der Waals surface area contributed by atoms with E-state index in [4.69, 9.17) is 4.74 Å². The smallest absolute Gasteiger partial charge is 0.119 e. The Morgan fingerprint density at radius 2 is 1.74 bits per heavy atom. The molecular weight excluding hydrogens is 349 g/mol. The summed E-state index contributed by atoms with van der Waals surface area (Å²) in [5, 5.41) is 3.31. The van der Waals surface area contributed by atoms with Gasteiger partial charge in [-0.3, -0.25) is 0 Å². The third-order valence-corrected chi connectivity index (χ3v) is 3.72. The fourth-order valence-corrected chi connectivity index (χ4v) is 2.22. The fourth-order valence-electron chi connectivity index (χ4n) is 1.86. The maximum Gasteiger partial charge on any atom is 0.119 e. The van der Waals surface area contributed by atoms with Crippen molar-refractivity contribution >= 4 is 22.6 Å². The minimum Gasteiger partial charge on any atom is -0.492 e. The zero-order valence-corrected chi connectivity index (χ0v) is 13.1. The van der Waals surface area contributed by atoms with Gasteiger partial charge in [-0.05, 0) is 65.9 Å². The lowest BCUT2D eigenvalue weighted by Crippen LogP contribution is -2.33. The van der Waals surface area contributed by atoms with Crippen LogP contribution in [0.5, 0.6) is 5.75 Å². The number of likely N-dealkylation sites (N-methyl/N-ethyl adjacent to an activating group) is 1. The van der Waals surface area contributed by atoms with Crippen LogP contribution in [-0.4, -0.2) is 19.7 Å². The number of para-hydroxylation sites is 1. The molecule has 0 radical (unpaired) electrons. The summed E-state index contributed by atoms with van der Waals surface area (Å²) < 4.78 is 7.06. The Balaban J connectivity index is 1.88. The molecule has 2 aromatic carbocycles. The molecule has 100 valence electrons. The molecule has 1 unspecified atom stereocenters. The van der Waals surface area contributed by atoms with Gasteiger partial charge in [-0.2, -0.15) is 0 Å². The first-order valence-corrected chi connectivity index (χ1v) is 7.45. The van der Waals surface area contributed by atoms with Crippen molar-refractivity contribution in [1.29, 1.82) is 0 Å². The summed E-state index contributed by atoms with van der Waals surface area (Å²) in [5.74, 6) is 0.922. The van der Waals surface area contributed by atoms with E-state index in [2.05, 4.69) is 52.2 Å². The Labute approximate surface area is 128 Å². The number of ether oxygens (including phenoxy) is 1. The summed E-state index contributed by atoms with van der Waals surface area (Å²) in [6.45, 7) is 0.673. The molecule has 0 saturated carbocycles. The summed E-state index contributed by atoms with van der Waals surface area (Å²) >= 11 is 2.32. The lowest BCUT2D eigenvalue weighted by molar-refractivity contribution is 0.270. The van der Waals surface area contributed by atoms with Crippen LogP contribution < -0.4 is 10.1 Å². The summed E-state index contributed by atoms with van der Waals surface area (Å²) in [6, 6.07) is 18.9. The van der Waals surface area contributed by atoms with Crippen LogP contribution in [0, 0.1) is 3.57 Å². The first-order chi connectivity index (χ1) is 9.28. The molecule has 0 aliphatic rings. The first-order valence-electron chi connectivity index (χ1n) is 6.37. The highest BCUT2D eigenvalue weighted by atomic mass is 127. The van der Waals surface area contributed by atoms with Gasteiger partial charge in [0.05, 0.1) is 0 Å². The first kappa shape index (κ1) is 14.3. The second kappa shape index (κ2) is 7.50. The second-order valence-corrected chi connectivity index (χ2v) is 5.69. The summed E-state index contributed by atoms with van der Waals surface area (Å²) in [6.07, 6.45) is 0.972. The number of benzene rings is 2. The molecule has 0 heterocycles. The summed E-state index contributed by atoms with van der Waals surface area (Å²) in [7, 11) is 1.98. The average Bonchev–Trinajstić information content (AvgIpc) is 2.46. The fraction of sp³-hybridized carbons (Fsp3) is 0.250. The Morgan fingerprint density at radius 1 is 1.05 bits per heavy atom. The standard InChI is InChI=1S/C16H18INO/c1-18-15(11-13-7-9-14(17)10-8-13)12-19-16-5-3-2-4-6-16/h2-10,15,18H,11-12H2,1H3. The van der Waals surface area contributed by atoms with Crippen molar-refractivity contribution in [1.82, 2.24) is 5.32 Å². The van der Waals surface area contributed by atoms with E-state index in [1.807, 2.05) is 37.4 Å². The van der Waals surface area contributed by atoms with Gasteiger partial charge in [-0.15, -0.1) is 0 Å². The van der Waals surface area contributed by atoms with E-state index in [0.717, 1.165) is 12.2 Å². The normalized spacial score (nSPS) is 12.1. The Kier molecular flexibility index (Phi) is 5.66. The predicted octanol–water partition coefficient (Wildman–Crippen LogP) is 3.50. The van der Waals surface area contributed by atoms with Gasteiger partial charge >= 0.3 is 0 Å². The molecule has 2 rings (SSSR count). The maximum atomic E-state index is 5.79. The van der Waals surface area contributed by atoms with E-state index in [9.17, 15) is 0 Å². The van der Waals surface area contributed by atoms with Gasteiger partial charge in [-0.1, -0.05) is 30.3 Å². The van der Waals surface area contributed by atoms with E-state index in [1.54, 1.807) is 0 Å². The molecule has 0 bridgehead atoms. The van der Waals surface area contributed by atoms with Crippen LogP contribution in [0.1, 0.15) is 5.56 Å². The minimum atomic E-state index is 0.320. The van der Waals surface area contributed by atoms with Crippen molar-refractivity contribution in [3.63, 3.8) is 0 Å². The molecule has 0 spiro atoms. The Bertz CT molecular complexity index is 484. The molecule has 2 nitrogen and oxygen atoms in total. The third-order valence-electron chi connectivity index (χ3n) is 3.00. The van der Waals surface area contributed by atoms with Gasteiger partial charge in [0.1, 0.15) is 12.4 Å². The highest BCUT2D eigenvalue weighted by Crippen LogP contribution is 2.11. The van der Waals surface area contributed by atoms with E-state index in [0.29, 0.717) is 12.6 Å². The van der Waals surface area contributed by atoms with Crippen molar-refractivity contribution in [2.24, 2.45) is 0 Å². The van der Waals surface area contributed by atoms with E-state index >= 15 is 0 Å². The molecule has 3 heteroatoms. The quantitative estimate of drug-likeness (QED) is 0.790. The van der Waals surface area contributed by atoms with Crippen molar-refractivity contribution in [3.05, 3.63) is 63.7 Å². The van der Waals surface area contributed by atoms with Crippen molar-refractivity contribution in [2.75, 3.05) is 13.7 Å². The lowest BCUT2D eigenvalue weighted by atomic mass is 10.1. The van der Waals surface area contributed by atoms with Crippen LogP contribution in [0.15, 0.2) is 54.6 Å². The second-order valence-electron chi connectivity index (χ2n) is 4.44. The molecule has 0 aromatic heterocycles. The monoisotopic (exact) mass is 367 g/mol. The molecule has 0 amide bonds. The molecule has 0 saturated heterocycles. The van der Waals surface area contributed by atoms with Crippen LogP contribution in [0.25, 0.3) is 0 Å². The molecular formula is C16H18INO. The van der Waals surface area contributed by atoms with Crippen LogP contribution >= 0.6 is 22.6 Å². The minimum absolute atomic E-state index is 0.320. The molecule has 0 fully saturated rings. The average molecular weight is 367 g/mol. The highest BCUT2D eigenvalue weighted by molar-refractivity contribution is 14.1. The largest absolute Gasteiger partial charge is 0.492 e. The van der Waals surface area contributed by atoms with Gasteiger partial charge in [0.25, 0.3) is 0 Å². The molecule has 19 heavy (non-hydrogen) atoms. The molecule has 1 atom stereocenters. The van der Waals surface area contributed by atoms with Gasteiger partial charge in [-0.25, -0.2) is 0 Å². The molecule has 2 aromatic rings. The van der Waals surface area contributed by atoms with Crippen LogP contribution in [0.3, 0.4) is 0 Å². The Morgan fingerprint density at radius 3 is 2.37 bits per heavy atom. The van der Waals surface area contributed by atoms with E-state index in [-0.39, 0.29) is 0 Å². The zero-order chi connectivity index (χ0) is 13.5.